The molecule has 0 saturated carbocycles. The van der Waals surface area contributed by atoms with Crippen LogP contribution >= 0.6 is 0 Å². The number of hydrogen-bond donors (Lipinski definition) is 0. The Morgan fingerprint density at radius 1 is 1.53 bits per heavy atom. The second kappa shape index (κ2) is 3.75. The van der Waals surface area contributed by atoms with Crippen LogP contribution in [0.5, 0.6) is 0 Å². The Balaban J connectivity index is 2.24. The summed E-state index contributed by atoms with van der Waals surface area (Å²) in [6, 6.07) is 0. The molecule has 2 aliphatic rings. The number of carbonyl (C=O) groups excluding carboxylic acids is 1. The van der Waals surface area contributed by atoms with E-state index in [-0.39, 0.29) is 17.3 Å². The predicted molar refractivity (Wildman–Crippen MR) is 59.7 cm³/mol. The zero-order valence-electron chi connectivity index (χ0n) is 9.93. The minimum Gasteiger partial charge on any atom is -0.369 e. The largest absolute Gasteiger partial charge is 0.369 e. The fourth-order valence-electron chi connectivity index (χ4n) is 3.01. The summed E-state index contributed by atoms with van der Waals surface area (Å²) in [7, 11) is 0. The van der Waals surface area contributed by atoms with Gasteiger partial charge >= 0.3 is 0 Å². The van der Waals surface area contributed by atoms with Crippen molar-refractivity contribution in [3.63, 3.8) is 0 Å². The smallest absolute Gasteiger partial charge is 0.132 e. The molecule has 0 N–H and O–H groups in total. The van der Waals surface area contributed by atoms with Gasteiger partial charge in [0, 0.05) is 6.42 Å². The standard InChI is InChI=1S/C13H20O2/c1-9(14)7-11-12-10(8-15-11)5-4-6-13(12,2)3/h11H,4-8H2,1-3H3. The quantitative estimate of drug-likeness (QED) is 0.652. The molecule has 1 atom stereocenters. The molecule has 0 bridgehead atoms. The molecular formula is C13H20O2. The first kappa shape index (κ1) is 10.9. The highest BCUT2D eigenvalue weighted by molar-refractivity contribution is 5.76. The summed E-state index contributed by atoms with van der Waals surface area (Å²) < 4.78 is 5.75. The Bertz CT molecular complexity index is 312. The highest BCUT2D eigenvalue weighted by atomic mass is 16.5. The molecule has 1 aliphatic heterocycles. The zero-order valence-corrected chi connectivity index (χ0v) is 9.93. The molecule has 1 aliphatic carbocycles. The van der Waals surface area contributed by atoms with E-state index < -0.39 is 0 Å². The van der Waals surface area contributed by atoms with Gasteiger partial charge in [-0.15, -0.1) is 0 Å². The number of ketones is 1. The first-order valence-electron chi connectivity index (χ1n) is 5.84. The third-order valence-corrected chi connectivity index (χ3v) is 3.64. The van der Waals surface area contributed by atoms with E-state index in [4.69, 9.17) is 4.74 Å². The summed E-state index contributed by atoms with van der Waals surface area (Å²) in [5.41, 5.74) is 3.14. The highest BCUT2D eigenvalue weighted by Crippen LogP contribution is 2.46. The van der Waals surface area contributed by atoms with Crippen molar-refractivity contribution < 1.29 is 9.53 Å². The van der Waals surface area contributed by atoms with E-state index in [0.717, 1.165) is 6.61 Å². The monoisotopic (exact) mass is 208 g/mol. The Labute approximate surface area is 91.7 Å². The van der Waals surface area contributed by atoms with E-state index in [0.29, 0.717) is 6.42 Å². The van der Waals surface area contributed by atoms with Crippen molar-refractivity contribution in [3.8, 4) is 0 Å². The van der Waals surface area contributed by atoms with Gasteiger partial charge in [0.2, 0.25) is 0 Å². The summed E-state index contributed by atoms with van der Waals surface area (Å²) in [5.74, 6) is 0.232. The van der Waals surface area contributed by atoms with Crippen molar-refractivity contribution in [2.45, 2.75) is 52.6 Å². The van der Waals surface area contributed by atoms with Crippen molar-refractivity contribution >= 4 is 5.78 Å². The molecule has 15 heavy (non-hydrogen) atoms. The lowest BCUT2D eigenvalue weighted by atomic mass is 9.71. The van der Waals surface area contributed by atoms with E-state index in [1.54, 1.807) is 6.92 Å². The van der Waals surface area contributed by atoms with Gasteiger partial charge < -0.3 is 4.74 Å². The zero-order chi connectivity index (χ0) is 11.1. The fourth-order valence-corrected chi connectivity index (χ4v) is 3.01. The number of hydrogen-bond acceptors (Lipinski definition) is 2. The number of ether oxygens (including phenoxy) is 1. The number of rotatable bonds is 2. The van der Waals surface area contributed by atoms with Crippen LogP contribution in [0.1, 0.15) is 46.5 Å². The van der Waals surface area contributed by atoms with Gasteiger partial charge in [-0.1, -0.05) is 13.8 Å². The molecule has 0 aromatic heterocycles. The van der Waals surface area contributed by atoms with Crippen LogP contribution < -0.4 is 0 Å². The first-order valence-corrected chi connectivity index (χ1v) is 5.84. The summed E-state index contributed by atoms with van der Waals surface area (Å²) in [6.45, 7) is 6.97. The highest BCUT2D eigenvalue weighted by Gasteiger charge is 2.39. The van der Waals surface area contributed by atoms with Crippen LogP contribution in [-0.2, 0) is 9.53 Å². The number of carbonyl (C=O) groups is 1. The predicted octanol–water partition coefficient (Wildman–Crippen LogP) is 2.87. The lowest BCUT2D eigenvalue weighted by molar-refractivity contribution is -0.118. The maximum atomic E-state index is 11.2. The lowest BCUT2D eigenvalue weighted by Gasteiger charge is -2.34. The normalized spacial score (nSPS) is 29.1. The Kier molecular flexibility index (Phi) is 2.72. The van der Waals surface area contributed by atoms with Gasteiger partial charge in [-0.2, -0.15) is 0 Å². The SMILES string of the molecule is CC(=O)CC1OCC2=C1C(C)(C)CCC2. The van der Waals surface area contributed by atoms with Crippen LogP contribution in [0.4, 0.5) is 0 Å². The Morgan fingerprint density at radius 2 is 2.27 bits per heavy atom. The molecule has 2 heteroatoms. The molecule has 0 amide bonds. The van der Waals surface area contributed by atoms with Crippen LogP contribution in [-0.4, -0.2) is 18.5 Å². The second-order valence-electron chi connectivity index (χ2n) is 5.46. The van der Waals surface area contributed by atoms with E-state index in [1.807, 2.05) is 0 Å². The molecule has 1 heterocycles. The van der Waals surface area contributed by atoms with Crippen molar-refractivity contribution in [3.05, 3.63) is 11.1 Å². The van der Waals surface area contributed by atoms with Crippen LogP contribution in [0.25, 0.3) is 0 Å². The van der Waals surface area contributed by atoms with Gasteiger partial charge in [-0.25, -0.2) is 0 Å². The van der Waals surface area contributed by atoms with Crippen LogP contribution in [0.2, 0.25) is 0 Å². The van der Waals surface area contributed by atoms with Gasteiger partial charge in [0.15, 0.2) is 0 Å². The molecule has 0 radical (unpaired) electrons. The molecule has 2 nitrogen and oxygen atoms in total. The van der Waals surface area contributed by atoms with Crippen LogP contribution in [0.3, 0.4) is 0 Å². The Morgan fingerprint density at radius 3 is 2.93 bits per heavy atom. The third kappa shape index (κ3) is 2.00. The molecular weight excluding hydrogens is 188 g/mol. The summed E-state index contributed by atoms with van der Waals surface area (Å²) in [5, 5.41) is 0. The van der Waals surface area contributed by atoms with Crippen LogP contribution in [0, 0.1) is 5.41 Å². The third-order valence-electron chi connectivity index (χ3n) is 3.64. The fraction of sp³-hybridized carbons (Fsp3) is 0.769. The van der Waals surface area contributed by atoms with E-state index in [9.17, 15) is 4.79 Å². The Hall–Kier alpha value is -0.630. The molecule has 2 rings (SSSR count). The first-order chi connectivity index (χ1) is 7.00. The molecule has 0 spiro atoms. The van der Waals surface area contributed by atoms with Gasteiger partial charge in [0.1, 0.15) is 5.78 Å². The van der Waals surface area contributed by atoms with Gasteiger partial charge in [0.05, 0.1) is 12.7 Å². The average Bonchev–Trinajstić information content (AvgIpc) is 2.48. The van der Waals surface area contributed by atoms with E-state index in [2.05, 4.69) is 13.8 Å². The molecule has 0 saturated heterocycles. The van der Waals surface area contributed by atoms with Gasteiger partial charge in [-0.05, 0) is 42.7 Å². The summed E-state index contributed by atoms with van der Waals surface area (Å²) >= 11 is 0. The second-order valence-corrected chi connectivity index (χ2v) is 5.46. The maximum Gasteiger partial charge on any atom is 0.132 e. The van der Waals surface area contributed by atoms with E-state index >= 15 is 0 Å². The van der Waals surface area contributed by atoms with Crippen molar-refractivity contribution in [1.82, 2.24) is 0 Å². The molecule has 0 fully saturated rings. The average molecular weight is 208 g/mol. The maximum absolute atomic E-state index is 11.2. The summed E-state index contributed by atoms with van der Waals surface area (Å²) in [4.78, 5) is 11.2. The van der Waals surface area contributed by atoms with Crippen molar-refractivity contribution in [1.29, 1.82) is 0 Å². The lowest BCUT2D eigenvalue weighted by Crippen LogP contribution is -2.27. The minimum atomic E-state index is 0.0767. The van der Waals surface area contributed by atoms with Crippen molar-refractivity contribution in [2.75, 3.05) is 6.61 Å². The van der Waals surface area contributed by atoms with Crippen LogP contribution in [0.15, 0.2) is 11.1 Å². The number of Topliss-reactive ketones (excluding diaryl/α,β-unsaturated/α-hetero) is 1. The van der Waals surface area contributed by atoms with E-state index in [1.165, 1.54) is 30.4 Å². The molecule has 1 unspecified atom stereocenters. The van der Waals surface area contributed by atoms with Crippen molar-refractivity contribution in [2.24, 2.45) is 5.41 Å². The summed E-state index contributed by atoms with van der Waals surface area (Å²) in [6.07, 6.45) is 4.30. The molecule has 0 aromatic rings. The van der Waals surface area contributed by atoms with Gasteiger partial charge in [0.25, 0.3) is 0 Å². The minimum absolute atomic E-state index is 0.0767. The molecule has 0 aromatic carbocycles. The topological polar surface area (TPSA) is 26.3 Å². The van der Waals surface area contributed by atoms with Gasteiger partial charge in [-0.3, -0.25) is 4.79 Å². The molecule has 84 valence electrons.